The van der Waals surface area contributed by atoms with Gasteiger partial charge in [-0.15, -0.1) is 0 Å². The average molecular weight is 366 g/mol. The van der Waals surface area contributed by atoms with Gasteiger partial charge in [-0.2, -0.15) is 0 Å². The van der Waals surface area contributed by atoms with Gasteiger partial charge in [0.2, 0.25) is 5.91 Å². The molecule has 5 heteroatoms. The standard InChI is InChI=1S/C17H14BrF2NO/c18-13-3-1-12(2-4-13)17(5-6-17)16(22)21-10-11-7-14(19)9-15(20)8-11/h1-4,7-9H,5-6,10H2,(H,21,22). The van der Waals surface area contributed by atoms with Gasteiger partial charge in [0.25, 0.3) is 0 Å². The highest BCUT2D eigenvalue weighted by molar-refractivity contribution is 9.10. The quantitative estimate of drug-likeness (QED) is 0.868. The maximum Gasteiger partial charge on any atom is 0.230 e. The molecule has 1 aliphatic rings. The summed E-state index contributed by atoms with van der Waals surface area (Å²) in [5.41, 5.74) is 0.892. The minimum Gasteiger partial charge on any atom is -0.351 e. The molecule has 0 aliphatic heterocycles. The summed E-state index contributed by atoms with van der Waals surface area (Å²) >= 11 is 3.37. The molecular formula is C17H14BrF2NO. The van der Waals surface area contributed by atoms with Crippen LogP contribution < -0.4 is 5.32 Å². The van der Waals surface area contributed by atoms with Crippen molar-refractivity contribution in [2.24, 2.45) is 0 Å². The summed E-state index contributed by atoms with van der Waals surface area (Å²) in [4.78, 5) is 12.4. The first-order valence-corrected chi connectivity index (χ1v) is 7.78. The molecule has 2 nitrogen and oxygen atoms in total. The van der Waals surface area contributed by atoms with Crippen LogP contribution in [0.2, 0.25) is 0 Å². The molecule has 0 atom stereocenters. The SMILES string of the molecule is O=C(NCc1cc(F)cc(F)c1)C1(c2ccc(Br)cc2)CC1. The van der Waals surface area contributed by atoms with E-state index < -0.39 is 17.0 Å². The molecule has 0 aromatic heterocycles. The normalized spacial score (nSPS) is 15.4. The molecule has 0 saturated heterocycles. The Labute approximate surface area is 135 Å². The highest BCUT2D eigenvalue weighted by atomic mass is 79.9. The Balaban J connectivity index is 1.70. The summed E-state index contributed by atoms with van der Waals surface area (Å²) < 4.78 is 27.2. The molecule has 0 spiro atoms. The fourth-order valence-electron chi connectivity index (χ4n) is 2.61. The minimum atomic E-state index is -0.640. The third-order valence-corrected chi connectivity index (χ3v) is 4.49. The number of carbonyl (C=O) groups is 1. The van der Waals surface area contributed by atoms with E-state index in [4.69, 9.17) is 0 Å². The van der Waals surface area contributed by atoms with E-state index >= 15 is 0 Å². The van der Waals surface area contributed by atoms with Crippen LogP contribution in [0.1, 0.15) is 24.0 Å². The molecule has 0 radical (unpaired) electrons. The molecule has 1 saturated carbocycles. The lowest BCUT2D eigenvalue weighted by molar-refractivity contribution is -0.123. The molecule has 1 fully saturated rings. The number of hydrogen-bond acceptors (Lipinski definition) is 1. The van der Waals surface area contributed by atoms with Crippen LogP contribution in [0.4, 0.5) is 8.78 Å². The van der Waals surface area contributed by atoms with E-state index in [-0.39, 0.29) is 12.5 Å². The van der Waals surface area contributed by atoms with E-state index in [1.807, 2.05) is 24.3 Å². The lowest BCUT2D eigenvalue weighted by Crippen LogP contribution is -2.34. The third kappa shape index (κ3) is 3.04. The number of hydrogen-bond donors (Lipinski definition) is 1. The van der Waals surface area contributed by atoms with Crippen LogP contribution in [-0.2, 0) is 16.8 Å². The van der Waals surface area contributed by atoms with Crippen molar-refractivity contribution in [1.29, 1.82) is 0 Å². The van der Waals surface area contributed by atoms with Crippen LogP contribution in [0.5, 0.6) is 0 Å². The topological polar surface area (TPSA) is 29.1 Å². The van der Waals surface area contributed by atoms with Crippen LogP contribution in [0.15, 0.2) is 46.9 Å². The van der Waals surface area contributed by atoms with Gasteiger partial charge >= 0.3 is 0 Å². The van der Waals surface area contributed by atoms with Gasteiger partial charge in [-0.1, -0.05) is 28.1 Å². The van der Waals surface area contributed by atoms with E-state index in [1.54, 1.807) is 0 Å². The van der Waals surface area contributed by atoms with Crippen molar-refractivity contribution >= 4 is 21.8 Å². The van der Waals surface area contributed by atoms with Crippen LogP contribution in [-0.4, -0.2) is 5.91 Å². The molecule has 114 valence electrons. The lowest BCUT2D eigenvalue weighted by Gasteiger charge is -2.16. The van der Waals surface area contributed by atoms with Crippen LogP contribution in [0, 0.1) is 11.6 Å². The molecule has 22 heavy (non-hydrogen) atoms. The average Bonchev–Trinajstić information content (AvgIpc) is 3.26. The van der Waals surface area contributed by atoms with Crippen molar-refractivity contribution in [3.63, 3.8) is 0 Å². The number of benzene rings is 2. The molecule has 3 rings (SSSR count). The first-order valence-electron chi connectivity index (χ1n) is 6.99. The fraction of sp³-hybridized carbons (Fsp3) is 0.235. The predicted molar refractivity (Wildman–Crippen MR) is 83.3 cm³/mol. The summed E-state index contributed by atoms with van der Waals surface area (Å²) in [5.74, 6) is -1.38. The summed E-state index contributed by atoms with van der Waals surface area (Å²) in [5, 5.41) is 2.79. The largest absolute Gasteiger partial charge is 0.351 e. The predicted octanol–water partition coefficient (Wildman–Crippen LogP) is 4.08. The Morgan fingerprint density at radius 1 is 1.09 bits per heavy atom. The highest BCUT2D eigenvalue weighted by Crippen LogP contribution is 2.48. The van der Waals surface area contributed by atoms with E-state index in [0.717, 1.165) is 28.9 Å². The highest BCUT2D eigenvalue weighted by Gasteiger charge is 2.50. The van der Waals surface area contributed by atoms with Gasteiger partial charge in [0.05, 0.1) is 5.41 Å². The number of nitrogens with one attached hydrogen (secondary N) is 1. The molecule has 1 N–H and O–H groups in total. The Bertz CT molecular complexity index is 691. The van der Waals surface area contributed by atoms with Crippen molar-refractivity contribution in [2.45, 2.75) is 24.8 Å². The maximum atomic E-state index is 13.1. The zero-order valence-electron chi connectivity index (χ0n) is 11.7. The van der Waals surface area contributed by atoms with Gasteiger partial charge in [0.1, 0.15) is 11.6 Å². The van der Waals surface area contributed by atoms with E-state index in [0.29, 0.717) is 5.56 Å². The Morgan fingerprint density at radius 3 is 2.23 bits per heavy atom. The summed E-state index contributed by atoms with van der Waals surface area (Å²) in [7, 11) is 0. The zero-order chi connectivity index (χ0) is 15.7. The Morgan fingerprint density at radius 2 is 1.68 bits per heavy atom. The van der Waals surface area contributed by atoms with Crippen molar-refractivity contribution in [1.82, 2.24) is 5.32 Å². The van der Waals surface area contributed by atoms with E-state index in [2.05, 4.69) is 21.2 Å². The minimum absolute atomic E-state index is 0.0977. The van der Waals surface area contributed by atoms with Gasteiger partial charge in [-0.25, -0.2) is 8.78 Å². The van der Waals surface area contributed by atoms with Crippen molar-refractivity contribution in [3.8, 4) is 0 Å². The second kappa shape index (κ2) is 5.80. The van der Waals surface area contributed by atoms with Crippen LogP contribution >= 0.6 is 15.9 Å². The van der Waals surface area contributed by atoms with Gasteiger partial charge in [0, 0.05) is 17.1 Å². The summed E-state index contributed by atoms with van der Waals surface area (Å²) in [6, 6.07) is 10.9. The van der Waals surface area contributed by atoms with Gasteiger partial charge < -0.3 is 5.32 Å². The van der Waals surface area contributed by atoms with Crippen LogP contribution in [0.25, 0.3) is 0 Å². The van der Waals surface area contributed by atoms with E-state index in [1.165, 1.54) is 12.1 Å². The second-order valence-electron chi connectivity index (χ2n) is 5.55. The first-order chi connectivity index (χ1) is 10.5. The lowest BCUT2D eigenvalue weighted by atomic mass is 9.95. The summed E-state index contributed by atoms with van der Waals surface area (Å²) in [6.45, 7) is 0.117. The second-order valence-corrected chi connectivity index (χ2v) is 6.47. The summed E-state index contributed by atoms with van der Waals surface area (Å²) in [6.07, 6.45) is 1.58. The number of halogens is 3. The smallest absolute Gasteiger partial charge is 0.230 e. The molecule has 1 amide bonds. The molecular weight excluding hydrogens is 352 g/mol. The zero-order valence-corrected chi connectivity index (χ0v) is 13.3. The Kier molecular flexibility index (Phi) is 4.00. The van der Waals surface area contributed by atoms with Crippen molar-refractivity contribution in [3.05, 3.63) is 69.7 Å². The van der Waals surface area contributed by atoms with Crippen molar-refractivity contribution in [2.75, 3.05) is 0 Å². The molecule has 1 aliphatic carbocycles. The van der Waals surface area contributed by atoms with E-state index in [9.17, 15) is 13.6 Å². The number of rotatable bonds is 4. The number of amides is 1. The molecule has 0 bridgehead atoms. The maximum absolute atomic E-state index is 13.1. The molecule has 0 unspecified atom stereocenters. The van der Waals surface area contributed by atoms with Gasteiger partial charge in [-0.3, -0.25) is 4.79 Å². The third-order valence-electron chi connectivity index (χ3n) is 3.96. The Hall–Kier alpha value is -1.75. The van der Waals surface area contributed by atoms with Gasteiger partial charge in [-0.05, 0) is 48.2 Å². The fourth-order valence-corrected chi connectivity index (χ4v) is 2.87. The van der Waals surface area contributed by atoms with Crippen LogP contribution in [0.3, 0.4) is 0 Å². The molecule has 2 aromatic rings. The van der Waals surface area contributed by atoms with Crippen molar-refractivity contribution < 1.29 is 13.6 Å². The number of carbonyl (C=O) groups excluding carboxylic acids is 1. The first kappa shape index (κ1) is 15.2. The van der Waals surface area contributed by atoms with Gasteiger partial charge in [0.15, 0.2) is 0 Å². The molecule has 2 aromatic carbocycles. The molecule has 0 heterocycles. The monoisotopic (exact) mass is 365 g/mol.